The highest BCUT2D eigenvalue weighted by Gasteiger charge is 2.51. The maximum Gasteiger partial charge on any atom is 0.227 e. The Morgan fingerprint density at radius 3 is 2.71 bits per heavy atom. The highest BCUT2D eigenvalue weighted by Crippen LogP contribution is 2.47. The van der Waals surface area contributed by atoms with Crippen molar-refractivity contribution in [3.8, 4) is 0 Å². The molecular formula is C15H21NO. The van der Waals surface area contributed by atoms with Crippen LogP contribution in [0.15, 0.2) is 24.3 Å². The summed E-state index contributed by atoms with van der Waals surface area (Å²) in [6, 6.07) is 8.94. The van der Waals surface area contributed by atoms with E-state index < -0.39 is 0 Å². The molecular weight excluding hydrogens is 210 g/mol. The predicted octanol–water partition coefficient (Wildman–Crippen LogP) is 3.57. The van der Waals surface area contributed by atoms with Crippen LogP contribution in [0.5, 0.6) is 0 Å². The molecule has 3 rings (SSSR count). The molecule has 0 bridgehead atoms. The fourth-order valence-electron chi connectivity index (χ4n) is 2.64. The van der Waals surface area contributed by atoms with Gasteiger partial charge in [-0.15, -0.1) is 0 Å². The number of benzene rings is 1. The third-order valence-corrected chi connectivity index (χ3v) is 3.74. The number of hydrogen-bond donors (Lipinski definition) is 0. The zero-order valence-corrected chi connectivity index (χ0v) is 9.81. The molecule has 0 N–H and O–H groups in total. The van der Waals surface area contributed by atoms with Crippen molar-refractivity contribution in [2.24, 2.45) is 5.92 Å². The second-order valence-electron chi connectivity index (χ2n) is 5.28. The van der Waals surface area contributed by atoms with E-state index in [-0.39, 0.29) is 7.43 Å². The number of carbonyl (C=O) groups excluding carboxylic acids is 1. The quantitative estimate of drug-likeness (QED) is 0.762. The van der Waals surface area contributed by atoms with Crippen LogP contribution in [-0.2, 0) is 4.79 Å². The molecule has 1 amide bonds. The monoisotopic (exact) mass is 231 g/mol. The minimum Gasteiger partial charge on any atom is -0.309 e. The Morgan fingerprint density at radius 2 is 2.12 bits per heavy atom. The molecule has 2 atom stereocenters. The summed E-state index contributed by atoms with van der Waals surface area (Å²) in [4.78, 5) is 13.8. The number of fused-ring (bicyclic) bond motifs is 1. The maximum absolute atomic E-state index is 11.8. The first kappa shape index (κ1) is 12.2. The molecule has 1 aromatic rings. The van der Waals surface area contributed by atoms with E-state index in [1.165, 1.54) is 12.0 Å². The van der Waals surface area contributed by atoms with Crippen molar-refractivity contribution in [1.29, 1.82) is 0 Å². The highest BCUT2D eigenvalue weighted by atomic mass is 16.2. The lowest BCUT2D eigenvalue weighted by atomic mass is 10.0. The van der Waals surface area contributed by atoms with E-state index in [0.29, 0.717) is 23.8 Å². The van der Waals surface area contributed by atoms with Crippen LogP contribution < -0.4 is 4.90 Å². The van der Waals surface area contributed by atoms with Gasteiger partial charge in [0.25, 0.3) is 0 Å². The topological polar surface area (TPSA) is 20.3 Å². The number of hydrogen-bond acceptors (Lipinski definition) is 1. The molecule has 1 aliphatic heterocycles. The molecule has 1 aromatic carbocycles. The molecule has 92 valence electrons. The Kier molecular flexibility index (Phi) is 2.98. The van der Waals surface area contributed by atoms with Crippen molar-refractivity contribution in [2.75, 3.05) is 4.90 Å². The number of anilines is 1. The molecule has 1 saturated carbocycles. The van der Waals surface area contributed by atoms with Gasteiger partial charge < -0.3 is 4.90 Å². The van der Waals surface area contributed by atoms with Crippen LogP contribution in [0.3, 0.4) is 0 Å². The van der Waals surface area contributed by atoms with E-state index in [9.17, 15) is 4.79 Å². The molecule has 2 nitrogen and oxygen atoms in total. The Balaban J connectivity index is 0.00000108. The van der Waals surface area contributed by atoms with E-state index >= 15 is 0 Å². The van der Waals surface area contributed by atoms with Crippen LogP contribution in [0.2, 0.25) is 0 Å². The van der Waals surface area contributed by atoms with Crippen LogP contribution in [0.25, 0.3) is 0 Å². The minimum atomic E-state index is 0. The van der Waals surface area contributed by atoms with Crippen LogP contribution in [0.4, 0.5) is 5.69 Å². The summed E-state index contributed by atoms with van der Waals surface area (Å²) >= 11 is 0. The summed E-state index contributed by atoms with van der Waals surface area (Å²) in [5.41, 5.74) is 2.41. The molecule has 2 unspecified atom stereocenters. The van der Waals surface area contributed by atoms with Gasteiger partial charge in [-0.3, -0.25) is 4.79 Å². The number of rotatable bonds is 2. The summed E-state index contributed by atoms with van der Waals surface area (Å²) in [5, 5.41) is 0. The Labute approximate surface area is 104 Å². The van der Waals surface area contributed by atoms with Gasteiger partial charge in [0.15, 0.2) is 0 Å². The highest BCUT2D eigenvalue weighted by molar-refractivity contribution is 5.98. The molecule has 0 aromatic heterocycles. The van der Waals surface area contributed by atoms with Crippen molar-refractivity contribution in [3.63, 3.8) is 0 Å². The lowest BCUT2D eigenvalue weighted by Gasteiger charge is -2.20. The summed E-state index contributed by atoms with van der Waals surface area (Å²) < 4.78 is 0. The Hall–Kier alpha value is -1.31. The van der Waals surface area contributed by atoms with Gasteiger partial charge in [0.1, 0.15) is 0 Å². The second kappa shape index (κ2) is 4.17. The van der Waals surface area contributed by atoms with Crippen molar-refractivity contribution in [1.82, 2.24) is 0 Å². The molecule has 1 heterocycles. The van der Waals surface area contributed by atoms with Gasteiger partial charge >= 0.3 is 0 Å². The minimum absolute atomic E-state index is 0. The molecule has 0 spiro atoms. The average molecular weight is 231 g/mol. The lowest BCUT2D eigenvalue weighted by molar-refractivity contribution is -0.117. The third-order valence-electron chi connectivity index (χ3n) is 3.74. The molecule has 2 aliphatic rings. The van der Waals surface area contributed by atoms with Crippen LogP contribution >= 0.6 is 0 Å². The van der Waals surface area contributed by atoms with E-state index in [1.807, 2.05) is 4.90 Å². The van der Waals surface area contributed by atoms with Crippen LogP contribution in [-0.4, -0.2) is 11.9 Å². The zero-order valence-electron chi connectivity index (χ0n) is 9.81. The van der Waals surface area contributed by atoms with Crippen LogP contribution in [0, 0.1) is 5.92 Å². The van der Waals surface area contributed by atoms with Gasteiger partial charge in [-0.1, -0.05) is 33.4 Å². The molecule has 2 heteroatoms. The van der Waals surface area contributed by atoms with Gasteiger partial charge in [-0.05, 0) is 36.0 Å². The first-order valence-electron chi connectivity index (χ1n) is 6.09. The summed E-state index contributed by atoms with van der Waals surface area (Å²) in [5.74, 6) is 1.48. The van der Waals surface area contributed by atoms with Crippen molar-refractivity contribution in [3.05, 3.63) is 29.8 Å². The lowest BCUT2D eigenvalue weighted by Crippen LogP contribution is -2.27. The van der Waals surface area contributed by atoms with E-state index in [0.717, 1.165) is 12.1 Å². The van der Waals surface area contributed by atoms with Crippen molar-refractivity contribution < 1.29 is 4.79 Å². The molecule has 1 aliphatic carbocycles. The number of amides is 1. The van der Waals surface area contributed by atoms with Crippen molar-refractivity contribution >= 4 is 11.6 Å². The fourth-order valence-corrected chi connectivity index (χ4v) is 2.64. The SMILES string of the molecule is C.CC(C)c1cccc(N2C(=O)CC3CC32)c1. The zero-order chi connectivity index (χ0) is 11.3. The number of nitrogens with zero attached hydrogens (tertiary/aromatic N) is 1. The number of carbonyl (C=O) groups is 1. The molecule has 2 fully saturated rings. The molecule has 1 saturated heterocycles. The van der Waals surface area contributed by atoms with E-state index in [1.54, 1.807) is 0 Å². The van der Waals surface area contributed by atoms with Gasteiger partial charge in [-0.2, -0.15) is 0 Å². The Bertz CT molecular complexity index is 438. The van der Waals surface area contributed by atoms with Crippen molar-refractivity contribution in [2.45, 2.75) is 46.1 Å². The number of piperidine rings is 1. The van der Waals surface area contributed by atoms with E-state index in [2.05, 4.69) is 38.1 Å². The standard InChI is InChI=1S/C14H17NO.CH4/c1-9(2)10-4-3-5-12(6-10)15-13-7-11(13)8-14(15)16;/h3-6,9,11,13H,7-8H2,1-2H3;1H4. The first-order valence-corrected chi connectivity index (χ1v) is 6.09. The van der Waals surface area contributed by atoms with Crippen LogP contribution in [0.1, 0.15) is 45.6 Å². The normalized spacial score (nSPS) is 25.8. The van der Waals surface area contributed by atoms with Gasteiger partial charge in [0.2, 0.25) is 5.91 Å². The second-order valence-corrected chi connectivity index (χ2v) is 5.28. The Morgan fingerprint density at radius 1 is 1.35 bits per heavy atom. The van der Waals surface area contributed by atoms with E-state index in [4.69, 9.17) is 0 Å². The summed E-state index contributed by atoms with van der Waals surface area (Å²) in [6.07, 6.45) is 1.97. The summed E-state index contributed by atoms with van der Waals surface area (Å²) in [7, 11) is 0. The summed E-state index contributed by atoms with van der Waals surface area (Å²) in [6.45, 7) is 4.37. The largest absolute Gasteiger partial charge is 0.309 e. The van der Waals surface area contributed by atoms with Gasteiger partial charge in [0, 0.05) is 18.2 Å². The van der Waals surface area contributed by atoms with Gasteiger partial charge in [-0.25, -0.2) is 0 Å². The molecule has 0 radical (unpaired) electrons. The average Bonchev–Trinajstić information content (AvgIpc) is 2.91. The first-order chi connectivity index (χ1) is 7.66. The third kappa shape index (κ3) is 1.97. The maximum atomic E-state index is 11.8. The molecule has 17 heavy (non-hydrogen) atoms. The van der Waals surface area contributed by atoms with Gasteiger partial charge in [0.05, 0.1) is 0 Å². The predicted molar refractivity (Wildman–Crippen MR) is 71.3 cm³/mol. The smallest absolute Gasteiger partial charge is 0.227 e. The fraction of sp³-hybridized carbons (Fsp3) is 0.533.